The lowest BCUT2D eigenvalue weighted by Gasteiger charge is -2.06. The fourth-order valence-electron chi connectivity index (χ4n) is 1.61. The summed E-state index contributed by atoms with van der Waals surface area (Å²) in [7, 11) is 0. The number of benzene rings is 2. The predicted molar refractivity (Wildman–Crippen MR) is 80.4 cm³/mol. The van der Waals surface area contributed by atoms with Gasteiger partial charge in [0.25, 0.3) is 0 Å². The van der Waals surface area contributed by atoms with E-state index in [-0.39, 0.29) is 0 Å². The van der Waals surface area contributed by atoms with E-state index in [0.29, 0.717) is 22.0 Å². The summed E-state index contributed by atoms with van der Waals surface area (Å²) in [6, 6.07) is 12.6. The second kappa shape index (κ2) is 5.99. The topological polar surface area (TPSA) is 69.1 Å². The van der Waals surface area contributed by atoms with Gasteiger partial charge in [0.2, 0.25) is 5.91 Å². The normalized spacial score (nSPS) is 10.4. The van der Waals surface area contributed by atoms with Gasteiger partial charge < -0.3 is 11.5 Å². The van der Waals surface area contributed by atoms with Crippen LogP contribution in [-0.4, -0.2) is 5.91 Å². The number of primary amides is 1. The minimum absolute atomic E-state index is 0.422. The van der Waals surface area contributed by atoms with Gasteiger partial charge >= 0.3 is 0 Å². The Hall–Kier alpha value is -1.65. The third-order valence-corrected chi connectivity index (χ3v) is 3.96. The van der Waals surface area contributed by atoms with Crippen molar-refractivity contribution in [1.82, 2.24) is 0 Å². The van der Waals surface area contributed by atoms with Crippen molar-refractivity contribution in [1.29, 1.82) is 0 Å². The van der Waals surface area contributed by atoms with E-state index in [9.17, 15) is 4.79 Å². The van der Waals surface area contributed by atoms with E-state index in [0.717, 1.165) is 10.5 Å². The lowest BCUT2D eigenvalue weighted by molar-refractivity contribution is 0.1000. The zero-order valence-corrected chi connectivity index (χ0v) is 11.7. The molecule has 0 unspecified atom stereocenters. The molecule has 3 nitrogen and oxygen atoms in total. The molecule has 0 heterocycles. The minimum atomic E-state index is -0.422. The second-order valence-electron chi connectivity index (χ2n) is 4.04. The predicted octanol–water partition coefficient (Wildman–Crippen LogP) is 3.31. The minimum Gasteiger partial charge on any atom is -0.398 e. The van der Waals surface area contributed by atoms with Gasteiger partial charge in [0.05, 0.1) is 0 Å². The molecule has 0 radical (unpaired) electrons. The number of thioether (sulfide) groups is 1. The Morgan fingerprint density at radius 3 is 2.74 bits per heavy atom. The molecule has 0 atom stereocenters. The second-order valence-corrected chi connectivity index (χ2v) is 5.49. The first kappa shape index (κ1) is 13.8. The molecule has 0 bridgehead atoms. The Bertz CT molecular complexity index is 616. The molecular formula is C14H13ClN2OS. The lowest BCUT2D eigenvalue weighted by Crippen LogP contribution is -2.10. The number of halogens is 1. The number of anilines is 1. The van der Waals surface area contributed by atoms with E-state index in [4.69, 9.17) is 23.1 Å². The lowest BCUT2D eigenvalue weighted by atomic mass is 10.1. The molecular weight excluding hydrogens is 280 g/mol. The van der Waals surface area contributed by atoms with Gasteiger partial charge in [-0.3, -0.25) is 4.79 Å². The van der Waals surface area contributed by atoms with E-state index < -0.39 is 5.91 Å². The van der Waals surface area contributed by atoms with E-state index in [1.807, 2.05) is 18.2 Å². The fourth-order valence-corrected chi connectivity index (χ4v) is 2.79. The van der Waals surface area contributed by atoms with Gasteiger partial charge in [0, 0.05) is 26.9 Å². The van der Waals surface area contributed by atoms with Gasteiger partial charge in [-0.2, -0.15) is 0 Å². The van der Waals surface area contributed by atoms with Crippen LogP contribution in [0.2, 0.25) is 5.02 Å². The smallest absolute Gasteiger partial charge is 0.248 e. The van der Waals surface area contributed by atoms with E-state index >= 15 is 0 Å². The zero-order chi connectivity index (χ0) is 13.8. The molecule has 1 amide bonds. The molecule has 19 heavy (non-hydrogen) atoms. The standard InChI is InChI=1S/C14H13ClN2OS/c15-11-4-5-12(16)13(7-11)19-8-9-2-1-3-10(6-9)14(17)18/h1-7H,8,16H2,(H2,17,18). The van der Waals surface area contributed by atoms with Crippen molar-refractivity contribution in [2.24, 2.45) is 5.73 Å². The number of carbonyl (C=O) groups excluding carboxylic acids is 1. The Balaban J connectivity index is 2.12. The van der Waals surface area contributed by atoms with Crippen molar-refractivity contribution in [2.75, 3.05) is 5.73 Å². The number of amides is 1. The van der Waals surface area contributed by atoms with Crippen LogP contribution >= 0.6 is 23.4 Å². The van der Waals surface area contributed by atoms with Crippen LogP contribution in [0.25, 0.3) is 0 Å². The highest BCUT2D eigenvalue weighted by molar-refractivity contribution is 7.98. The average molecular weight is 293 g/mol. The molecule has 2 aromatic rings. The number of carbonyl (C=O) groups is 1. The molecule has 0 aliphatic rings. The van der Waals surface area contributed by atoms with Crippen LogP contribution in [0.4, 0.5) is 5.69 Å². The quantitative estimate of drug-likeness (QED) is 0.671. The van der Waals surface area contributed by atoms with Crippen LogP contribution in [-0.2, 0) is 5.75 Å². The van der Waals surface area contributed by atoms with Crippen molar-refractivity contribution in [3.8, 4) is 0 Å². The third-order valence-electron chi connectivity index (χ3n) is 2.58. The summed E-state index contributed by atoms with van der Waals surface area (Å²) in [5.74, 6) is 0.278. The summed E-state index contributed by atoms with van der Waals surface area (Å²) < 4.78 is 0. The highest BCUT2D eigenvalue weighted by atomic mass is 35.5. The number of nitrogens with two attached hydrogens (primary N) is 2. The van der Waals surface area contributed by atoms with Crippen molar-refractivity contribution >= 4 is 35.0 Å². The Labute approximate surface area is 120 Å². The molecule has 2 rings (SSSR count). The van der Waals surface area contributed by atoms with Gasteiger partial charge in [0.1, 0.15) is 0 Å². The molecule has 0 aromatic heterocycles. The van der Waals surface area contributed by atoms with Gasteiger partial charge in [-0.15, -0.1) is 11.8 Å². The summed E-state index contributed by atoms with van der Waals surface area (Å²) in [5, 5.41) is 0.655. The monoisotopic (exact) mass is 292 g/mol. The molecule has 4 N–H and O–H groups in total. The summed E-state index contributed by atoms with van der Waals surface area (Å²) in [4.78, 5) is 12.0. The Morgan fingerprint density at radius 2 is 2.00 bits per heavy atom. The first-order chi connectivity index (χ1) is 9.06. The van der Waals surface area contributed by atoms with Crippen LogP contribution in [0.5, 0.6) is 0 Å². The van der Waals surface area contributed by atoms with Crippen molar-refractivity contribution in [3.63, 3.8) is 0 Å². The molecule has 0 aliphatic heterocycles. The van der Waals surface area contributed by atoms with Crippen LogP contribution in [0.1, 0.15) is 15.9 Å². The molecule has 0 aliphatic carbocycles. The first-order valence-corrected chi connectivity index (χ1v) is 6.99. The molecule has 0 spiro atoms. The van der Waals surface area contributed by atoms with E-state index in [1.54, 1.807) is 36.0 Å². The van der Waals surface area contributed by atoms with Crippen LogP contribution in [0, 0.1) is 0 Å². The zero-order valence-electron chi connectivity index (χ0n) is 10.1. The molecule has 2 aromatic carbocycles. The van der Waals surface area contributed by atoms with Crippen molar-refractivity contribution in [3.05, 3.63) is 58.6 Å². The highest BCUT2D eigenvalue weighted by Gasteiger charge is 2.04. The van der Waals surface area contributed by atoms with Crippen molar-refractivity contribution < 1.29 is 4.79 Å². The molecule has 0 fully saturated rings. The van der Waals surface area contributed by atoms with Gasteiger partial charge in [0.15, 0.2) is 0 Å². The maximum atomic E-state index is 11.1. The summed E-state index contributed by atoms with van der Waals surface area (Å²) in [6.07, 6.45) is 0. The highest BCUT2D eigenvalue weighted by Crippen LogP contribution is 2.30. The van der Waals surface area contributed by atoms with Crippen molar-refractivity contribution in [2.45, 2.75) is 10.6 Å². The number of rotatable bonds is 4. The summed E-state index contributed by atoms with van der Waals surface area (Å²) in [5.41, 5.74) is 13.3. The summed E-state index contributed by atoms with van der Waals surface area (Å²) in [6.45, 7) is 0. The third kappa shape index (κ3) is 3.66. The SMILES string of the molecule is NC(=O)c1cccc(CSc2cc(Cl)ccc2N)c1. The molecule has 0 saturated heterocycles. The maximum Gasteiger partial charge on any atom is 0.248 e. The number of nitrogen functional groups attached to an aromatic ring is 1. The van der Waals surface area contributed by atoms with Gasteiger partial charge in [-0.25, -0.2) is 0 Å². The Morgan fingerprint density at radius 1 is 1.21 bits per heavy atom. The molecule has 98 valence electrons. The fraction of sp³-hybridized carbons (Fsp3) is 0.0714. The molecule has 0 saturated carbocycles. The van der Waals surface area contributed by atoms with Gasteiger partial charge in [-0.05, 0) is 35.9 Å². The molecule has 5 heteroatoms. The number of hydrogen-bond donors (Lipinski definition) is 2. The Kier molecular flexibility index (Phi) is 4.35. The average Bonchev–Trinajstić information content (AvgIpc) is 2.40. The van der Waals surface area contributed by atoms with E-state index in [2.05, 4.69) is 0 Å². The first-order valence-electron chi connectivity index (χ1n) is 5.63. The summed E-state index contributed by atoms with van der Waals surface area (Å²) >= 11 is 7.51. The van der Waals surface area contributed by atoms with Crippen LogP contribution < -0.4 is 11.5 Å². The van der Waals surface area contributed by atoms with E-state index in [1.165, 1.54) is 0 Å². The maximum absolute atomic E-state index is 11.1. The van der Waals surface area contributed by atoms with Gasteiger partial charge in [-0.1, -0.05) is 23.7 Å². The van der Waals surface area contributed by atoms with Crippen LogP contribution in [0.3, 0.4) is 0 Å². The largest absolute Gasteiger partial charge is 0.398 e. The number of hydrogen-bond acceptors (Lipinski definition) is 3. The van der Waals surface area contributed by atoms with Crippen LogP contribution in [0.15, 0.2) is 47.4 Å².